The third-order valence-corrected chi connectivity index (χ3v) is 6.95. The third kappa shape index (κ3) is 4.76. The Morgan fingerprint density at radius 1 is 1.06 bits per heavy atom. The molecule has 0 bridgehead atoms. The fraction of sp³-hybridized carbons (Fsp3) is 0.464. The Balaban J connectivity index is 1.80. The number of benzene rings is 2. The summed E-state index contributed by atoms with van der Waals surface area (Å²) in [5, 5.41) is 0. The Hall–Kier alpha value is -3.55. The van der Waals surface area contributed by atoms with Gasteiger partial charge in [-0.15, -0.1) is 0 Å². The number of para-hydroxylation sites is 1. The number of carbonyl (C=O) groups excluding carboxylic acids is 3. The van der Waals surface area contributed by atoms with Gasteiger partial charge in [0, 0.05) is 12.3 Å². The molecule has 8 heteroatoms. The molecule has 36 heavy (non-hydrogen) atoms. The first-order valence-electron chi connectivity index (χ1n) is 12.2. The average Bonchev–Trinajstić information content (AvgIpc) is 3.19. The average molecular weight is 495 g/mol. The minimum absolute atomic E-state index is 0.0241. The van der Waals surface area contributed by atoms with Gasteiger partial charge in [-0.1, -0.05) is 30.3 Å². The fourth-order valence-corrected chi connectivity index (χ4v) is 5.38. The minimum atomic E-state index is -0.723. The first-order valence-corrected chi connectivity index (χ1v) is 12.2. The summed E-state index contributed by atoms with van der Waals surface area (Å²) >= 11 is 0. The zero-order chi connectivity index (χ0) is 26.2. The first kappa shape index (κ1) is 25.5. The van der Waals surface area contributed by atoms with Gasteiger partial charge in [-0.05, 0) is 57.0 Å². The van der Waals surface area contributed by atoms with Gasteiger partial charge in [0.15, 0.2) is 0 Å². The maximum atomic E-state index is 13.5. The number of carbonyl (C=O) groups is 3. The lowest BCUT2D eigenvalue weighted by Gasteiger charge is -2.46. The van der Waals surface area contributed by atoms with Crippen LogP contribution in [0.3, 0.4) is 0 Å². The molecule has 2 aliphatic heterocycles. The summed E-state index contributed by atoms with van der Waals surface area (Å²) in [7, 11) is 2.94. The van der Waals surface area contributed by atoms with Crippen molar-refractivity contribution in [2.45, 2.75) is 64.3 Å². The summed E-state index contributed by atoms with van der Waals surface area (Å²) in [6.45, 7) is 7.41. The molecule has 0 aliphatic carbocycles. The molecule has 2 aliphatic rings. The molecule has 0 N–H and O–H groups in total. The maximum absolute atomic E-state index is 13.5. The van der Waals surface area contributed by atoms with Crippen LogP contribution in [-0.2, 0) is 19.1 Å². The largest absolute Gasteiger partial charge is 0.497 e. The molecule has 0 aromatic heterocycles. The van der Waals surface area contributed by atoms with Crippen LogP contribution in [0.4, 0.5) is 10.5 Å². The molecular formula is C28H34N2O6. The van der Waals surface area contributed by atoms with E-state index < -0.39 is 23.7 Å². The predicted molar refractivity (Wildman–Crippen MR) is 135 cm³/mol. The van der Waals surface area contributed by atoms with E-state index in [0.717, 1.165) is 16.9 Å². The van der Waals surface area contributed by atoms with Crippen molar-refractivity contribution in [1.82, 2.24) is 4.90 Å². The Kier molecular flexibility index (Phi) is 6.98. The molecule has 1 saturated heterocycles. The van der Waals surface area contributed by atoms with Crippen molar-refractivity contribution in [1.29, 1.82) is 0 Å². The Morgan fingerprint density at radius 2 is 1.72 bits per heavy atom. The molecule has 4 atom stereocenters. The number of hydrogen-bond donors (Lipinski definition) is 0. The zero-order valence-corrected chi connectivity index (χ0v) is 21.7. The number of fused-ring (bicyclic) bond motifs is 3. The highest BCUT2D eigenvalue weighted by atomic mass is 16.6. The van der Waals surface area contributed by atoms with Gasteiger partial charge in [0.25, 0.3) is 0 Å². The van der Waals surface area contributed by atoms with Gasteiger partial charge in [0.2, 0.25) is 5.91 Å². The molecule has 8 nitrogen and oxygen atoms in total. The monoisotopic (exact) mass is 494 g/mol. The van der Waals surface area contributed by atoms with Gasteiger partial charge < -0.3 is 19.1 Å². The number of ether oxygens (including phenoxy) is 3. The molecule has 0 saturated carbocycles. The zero-order valence-electron chi connectivity index (χ0n) is 21.7. The molecular weight excluding hydrogens is 460 g/mol. The molecule has 0 radical (unpaired) electrons. The summed E-state index contributed by atoms with van der Waals surface area (Å²) in [6.07, 6.45) is -0.375. The molecule has 0 spiro atoms. The lowest BCUT2D eigenvalue weighted by Crippen LogP contribution is -2.52. The van der Waals surface area contributed by atoms with Crippen molar-refractivity contribution >= 4 is 23.7 Å². The minimum Gasteiger partial charge on any atom is -0.497 e. The number of esters is 1. The van der Waals surface area contributed by atoms with E-state index in [0.29, 0.717) is 5.69 Å². The third-order valence-electron chi connectivity index (χ3n) is 6.95. The molecule has 0 unspecified atom stereocenters. The molecule has 2 amide bonds. The van der Waals surface area contributed by atoms with E-state index in [9.17, 15) is 14.4 Å². The van der Waals surface area contributed by atoms with Crippen LogP contribution in [0.25, 0.3) is 0 Å². The number of hydrogen-bond acceptors (Lipinski definition) is 6. The standard InChI is InChI=1S/C28H34N2O6/c1-17(18-11-13-19(34-5)14-12-18)29-24(31)15-21-23(16-25(32)35-6)30(27(33)36-28(2,3)4)22-10-8-7-9-20(22)26(21)29/h7-14,17,21,23,26H,15-16H2,1-6H3/t17-,21+,23-,26-/m1/s1. The van der Waals surface area contributed by atoms with Gasteiger partial charge in [-0.2, -0.15) is 0 Å². The Morgan fingerprint density at radius 3 is 2.33 bits per heavy atom. The summed E-state index contributed by atoms with van der Waals surface area (Å²) < 4.78 is 16.0. The van der Waals surface area contributed by atoms with Crippen LogP contribution in [0, 0.1) is 5.92 Å². The van der Waals surface area contributed by atoms with E-state index >= 15 is 0 Å². The van der Waals surface area contributed by atoms with Crippen LogP contribution in [0.2, 0.25) is 0 Å². The summed E-state index contributed by atoms with van der Waals surface area (Å²) in [5.74, 6) is -0.0322. The summed E-state index contributed by atoms with van der Waals surface area (Å²) in [4.78, 5) is 43.0. The molecule has 1 fully saturated rings. The highest BCUT2D eigenvalue weighted by molar-refractivity contribution is 5.93. The molecule has 2 aromatic carbocycles. The van der Waals surface area contributed by atoms with Gasteiger partial charge in [0.05, 0.1) is 44.5 Å². The van der Waals surface area contributed by atoms with E-state index in [1.54, 1.807) is 32.8 Å². The van der Waals surface area contributed by atoms with E-state index in [2.05, 4.69) is 0 Å². The van der Waals surface area contributed by atoms with Crippen LogP contribution in [-0.4, -0.2) is 48.7 Å². The van der Waals surface area contributed by atoms with Crippen LogP contribution >= 0.6 is 0 Å². The van der Waals surface area contributed by atoms with Crippen molar-refractivity contribution in [2.24, 2.45) is 5.92 Å². The topological polar surface area (TPSA) is 85.4 Å². The Labute approximate surface area is 212 Å². The lowest BCUT2D eigenvalue weighted by atomic mass is 9.80. The normalized spacial score (nSPS) is 21.9. The number of amides is 2. The van der Waals surface area contributed by atoms with Crippen molar-refractivity contribution in [3.05, 3.63) is 59.7 Å². The first-order chi connectivity index (χ1) is 17.1. The van der Waals surface area contributed by atoms with E-state index in [-0.39, 0.29) is 36.8 Å². The number of methoxy groups -OCH3 is 2. The molecule has 2 heterocycles. The smallest absolute Gasteiger partial charge is 0.415 e. The van der Waals surface area contributed by atoms with E-state index in [1.165, 1.54) is 7.11 Å². The second-order valence-electron chi connectivity index (χ2n) is 10.3. The predicted octanol–water partition coefficient (Wildman–Crippen LogP) is 5.03. The highest BCUT2D eigenvalue weighted by Crippen LogP contribution is 2.53. The van der Waals surface area contributed by atoms with Gasteiger partial charge in [-0.25, -0.2) is 4.79 Å². The summed E-state index contributed by atoms with van der Waals surface area (Å²) in [5.41, 5.74) is 1.75. The number of anilines is 1. The maximum Gasteiger partial charge on any atom is 0.415 e. The van der Waals surface area contributed by atoms with Crippen LogP contribution in [0.1, 0.15) is 63.7 Å². The van der Waals surface area contributed by atoms with Crippen LogP contribution in [0.5, 0.6) is 5.75 Å². The SMILES string of the molecule is COC(=O)C[C@@H]1[C@@H]2CC(=O)N([C@H](C)c3ccc(OC)cc3)[C@@H]2c2ccccc2N1C(=O)OC(C)(C)C. The van der Waals surface area contributed by atoms with E-state index in [1.807, 2.05) is 60.4 Å². The number of rotatable bonds is 5. The molecule has 2 aromatic rings. The highest BCUT2D eigenvalue weighted by Gasteiger charge is 2.54. The number of nitrogens with zero attached hydrogens (tertiary/aromatic N) is 2. The molecule has 4 rings (SSSR count). The fourth-order valence-electron chi connectivity index (χ4n) is 5.38. The summed E-state index contributed by atoms with van der Waals surface area (Å²) in [6, 6.07) is 14.1. The van der Waals surface area contributed by atoms with Gasteiger partial charge >= 0.3 is 12.1 Å². The van der Waals surface area contributed by atoms with Crippen molar-refractivity contribution < 1.29 is 28.6 Å². The number of likely N-dealkylation sites (tertiary alicyclic amines) is 1. The van der Waals surface area contributed by atoms with Crippen LogP contribution in [0.15, 0.2) is 48.5 Å². The van der Waals surface area contributed by atoms with Crippen molar-refractivity contribution in [3.8, 4) is 5.75 Å². The Bertz CT molecular complexity index is 1140. The van der Waals surface area contributed by atoms with Crippen molar-refractivity contribution in [3.63, 3.8) is 0 Å². The second-order valence-corrected chi connectivity index (χ2v) is 10.3. The molecule has 192 valence electrons. The van der Waals surface area contributed by atoms with Gasteiger partial charge in [-0.3, -0.25) is 14.5 Å². The van der Waals surface area contributed by atoms with Crippen molar-refractivity contribution in [2.75, 3.05) is 19.1 Å². The quantitative estimate of drug-likeness (QED) is 0.542. The van der Waals surface area contributed by atoms with Crippen LogP contribution < -0.4 is 9.64 Å². The van der Waals surface area contributed by atoms with E-state index in [4.69, 9.17) is 14.2 Å². The second kappa shape index (κ2) is 9.84. The lowest BCUT2D eigenvalue weighted by molar-refractivity contribution is -0.141. The van der Waals surface area contributed by atoms with Gasteiger partial charge in [0.1, 0.15) is 11.4 Å².